The molecular weight excluding hydrogens is 352 g/mol. The number of rotatable bonds is 6. The van der Waals surface area contributed by atoms with Crippen molar-refractivity contribution in [1.29, 1.82) is 0 Å². The van der Waals surface area contributed by atoms with E-state index in [0.717, 1.165) is 31.2 Å². The molecule has 0 heterocycles. The molecule has 2 rings (SSSR count). The van der Waals surface area contributed by atoms with Crippen molar-refractivity contribution >= 4 is 11.8 Å². The first-order valence-corrected chi connectivity index (χ1v) is 10.9. The zero-order chi connectivity index (χ0) is 20.0. The summed E-state index contributed by atoms with van der Waals surface area (Å²) in [6.45, 7) is -0.390. The van der Waals surface area contributed by atoms with Crippen LogP contribution < -0.4 is 10.6 Å². The van der Waals surface area contributed by atoms with Crippen molar-refractivity contribution in [3.8, 4) is 0 Å². The van der Waals surface area contributed by atoms with E-state index >= 15 is 0 Å². The molecule has 5 nitrogen and oxygen atoms in total. The van der Waals surface area contributed by atoms with E-state index in [4.69, 9.17) is 0 Å². The second-order valence-electron chi connectivity index (χ2n) is 7.93. The van der Waals surface area contributed by atoms with E-state index in [1.54, 1.807) is 0 Å². The number of aliphatic hydroxyl groups excluding tert-OH is 1. The van der Waals surface area contributed by atoms with E-state index in [9.17, 15) is 14.7 Å². The van der Waals surface area contributed by atoms with Crippen molar-refractivity contribution in [3.05, 3.63) is 35.9 Å². The molecule has 1 aromatic rings. The van der Waals surface area contributed by atoms with Crippen molar-refractivity contribution in [2.24, 2.45) is 0 Å². The zero-order valence-electron chi connectivity index (χ0n) is 17.0. The van der Waals surface area contributed by atoms with Gasteiger partial charge in [-0.2, -0.15) is 0 Å². The highest BCUT2D eigenvalue weighted by atomic mass is 16.3. The molecule has 0 radical (unpaired) electrons. The Kier molecular flexibility index (Phi) is 10.7. The van der Waals surface area contributed by atoms with Crippen molar-refractivity contribution in [2.75, 3.05) is 6.61 Å². The van der Waals surface area contributed by atoms with Gasteiger partial charge in [0.1, 0.15) is 6.04 Å². The van der Waals surface area contributed by atoms with Gasteiger partial charge in [0.2, 0.25) is 11.8 Å². The van der Waals surface area contributed by atoms with Gasteiger partial charge in [-0.05, 0) is 18.4 Å². The van der Waals surface area contributed by atoms with Crippen LogP contribution in [0.5, 0.6) is 0 Å². The third kappa shape index (κ3) is 8.87. The highest BCUT2D eigenvalue weighted by Crippen LogP contribution is 2.17. The number of hydrogen-bond acceptors (Lipinski definition) is 3. The van der Waals surface area contributed by atoms with Gasteiger partial charge < -0.3 is 15.7 Å². The molecule has 2 amide bonds. The minimum Gasteiger partial charge on any atom is -0.394 e. The summed E-state index contributed by atoms with van der Waals surface area (Å²) in [6, 6.07) is 8.64. The zero-order valence-corrected chi connectivity index (χ0v) is 17.0. The van der Waals surface area contributed by atoms with Crippen LogP contribution in [0.1, 0.15) is 76.2 Å². The van der Waals surface area contributed by atoms with E-state index in [-0.39, 0.29) is 30.9 Å². The Labute approximate surface area is 169 Å². The van der Waals surface area contributed by atoms with Crippen LogP contribution in [-0.2, 0) is 16.0 Å². The summed E-state index contributed by atoms with van der Waals surface area (Å²) >= 11 is 0. The lowest BCUT2D eigenvalue weighted by Gasteiger charge is -2.23. The summed E-state index contributed by atoms with van der Waals surface area (Å²) < 4.78 is 0. The molecule has 0 spiro atoms. The summed E-state index contributed by atoms with van der Waals surface area (Å²) in [5.74, 6) is -0.528. The van der Waals surface area contributed by atoms with E-state index in [1.807, 2.05) is 30.3 Å². The van der Waals surface area contributed by atoms with Gasteiger partial charge in [-0.15, -0.1) is 0 Å². The van der Waals surface area contributed by atoms with Crippen molar-refractivity contribution in [3.63, 3.8) is 0 Å². The lowest BCUT2D eigenvalue weighted by Crippen LogP contribution is -2.51. The molecule has 28 heavy (non-hydrogen) atoms. The Morgan fingerprint density at radius 3 is 1.96 bits per heavy atom. The van der Waals surface area contributed by atoms with Gasteiger partial charge >= 0.3 is 0 Å². The second kappa shape index (κ2) is 13.3. The molecule has 1 atom stereocenters. The van der Waals surface area contributed by atoms with Crippen LogP contribution in [0.4, 0.5) is 0 Å². The Morgan fingerprint density at radius 1 is 0.893 bits per heavy atom. The molecule has 0 aliphatic heterocycles. The summed E-state index contributed by atoms with van der Waals surface area (Å²) in [5.41, 5.74) is 0.886. The Bertz CT molecular complexity index is 564. The summed E-state index contributed by atoms with van der Waals surface area (Å²) in [6.07, 6.45) is 13.3. The fourth-order valence-corrected chi connectivity index (χ4v) is 3.83. The fourth-order valence-electron chi connectivity index (χ4n) is 3.83. The third-order valence-electron chi connectivity index (χ3n) is 5.49. The molecule has 0 unspecified atom stereocenters. The summed E-state index contributed by atoms with van der Waals surface area (Å²) in [4.78, 5) is 24.9. The molecule has 1 aliphatic carbocycles. The van der Waals surface area contributed by atoms with E-state index in [1.165, 1.54) is 44.9 Å². The predicted molar refractivity (Wildman–Crippen MR) is 112 cm³/mol. The van der Waals surface area contributed by atoms with Crippen LogP contribution in [0.3, 0.4) is 0 Å². The van der Waals surface area contributed by atoms with E-state index < -0.39 is 6.04 Å². The Hall–Kier alpha value is -1.88. The third-order valence-corrected chi connectivity index (χ3v) is 5.49. The first-order chi connectivity index (χ1) is 13.7. The number of aliphatic hydroxyl groups is 1. The Morgan fingerprint density at radius 2 is 1.43 bits per heavy atom. The SMILES string of the molecule is O=C(Cc1ccccc1)N[C@@H](CO)C(=O)NC1CCCCCCCCCCC1. The maximum Gasteiger partial charge on any atom is 0.245 e. The van der Waals surface area contributed by atoms with Gasteiger partial charge in [-0.1, -0.05) is 88.1 Å². The number of benzene rings is 1. The topological polar surface area (TPSA) is 78.4 Å². The first kappa shape index (κ1) is 22.4. The molecule has 3 N–H and O–H groups in total. The van der Waals surface area contributed by atoms with Gasteiger partial charge in [-0.3, -0.25) is 9.59 Å². The number of carbonyl (C=O) groups excluding carboxylic acids is 2. The molecular formula is C23H36N2O3. The molecule has 5 heteroatoms. The first-order valence-electron chi connectivity index (χ1n) is 10.9. The molecule has 0 aromatic heterocycles. The van der Waals surface area contributed by atoms with Crippen LogP contribution in [0.15, 0.2) is 30.3 Å². The highest BCUT2D eigenvalue weighted by Gasteiger charge is 2.22. The molecule has 1 fully saturated rings. The Balaban J connectivity index is 1.82. The van der Waals surface area contributed by atoms with E-state index in [2.05, 4.69) is 10.6 Å². The van der Waals surface area contributed by atoms with Crippen molar-refractivity contribution in [1.82, 2.24) is 10.6 Å². The fraction of sp³-hybridized carbons (Fsp3) is 0.652. The van der Waals surface area contributed by atoms with Gasteiger partial charge in [0.15, 0.2) is 0 Å². The average molecular weight is 389 g/mol. The van der Waals surface area contributed by atoms with Crippen molar-refractivity contribution in [2.45, 2.75) is 89.1 Å². The molecule has 1 saturated carbocycles. The number of nitrogens with one attached hydrogen (secondary N) is 2. The lowest BCUT2D eigenvalue weighted by atomic mass is 9.97. The number of carbonyl (C=O) groups is 2. The van der Waals surface area contributed by atoms with Crippen LogP contribution >= 0.6 is 0 Å². The van der Waals surface area contributed by atoms with E-state index in [0.29, 0.717) is 0 Å². The van der Waals surface area contributed by atoms with Crippen LogP contribution in [0.2, 0.25) is 0 Å². The molecule has 1 aromatic carbocycles. The lowest BCUT2D eigenvalue weighted by molar-refractivity contribution is -0.130. The quantitative estimate of drug-likeness (QED) is 0.698. The average Bonchev–Trinajstić information content (AvgIpc) is 2.69. The van der Waals surface area contributed by atoms with Crippen molar-refractivity contribution < 1.29 is 14.7 Å². The van der Waals surface area contributed by atoms with Gasteiger partial charge in [-0.25, -0.2) is 0 Å². The predicted octanol–water partition coefficient (Wildman–Crippen LogP) is 3.50. The molecule has 156 valence electrons. The highest BCUT2D eigenvalue weighted by molar-refractivity contribution is 5.88. The smallest absolute Gasteiger partial charge is 0.245 e. The van der Waals surface area contributed by atoms with Gasteiger partial charge in [0.25, 0.3) is 0 Å². The van der Waals surface area contributed by atoms with Gasteiger partial charge in [0, 0.05) is 6.04 Å². The minimum atomic E-state index is -0.891. The maximum absolute atomic E-state index is 12.6. The van der Waals surface area contributed by atoms with Crippen LogP contribution in [0.25, 0.3) is 0 Å². The number of hydrogen-bond donors (Lipinski definition) is 3. The maximum atomic E-state index is 12.6. The van der Waals surface area contributed by atoms with Gasteiger partial charge in [0.05, 0.1) is 13.0 Å². The second-order valence-corrected chi connectivity index (χ2v) is 7.93. The molecule has 1 aliphatic rings. The normalized spacial score (nSPS) is 18.3. The summed E-state index contributed by atoms with van der Waals surface area (Å²) in [5, 5.41) is 15.4. The largest absolute Gasteiger partial charge is 0.394 e. The molecule has 0 bridgehead atoms. The minimum absolute atomic E-state index is 0.131. The van der Waals surface area contributed by atoms with Crippen LogP contribution in [0, 0.1) is 0 Å². The number of amides is 2. The standard InChI is InChI=1S/C23H36N2O3/c26-18-21(25-22(27)17-19-13-9-8-10-14-19)23(28)24-20-15-11-6-4-2-1-3-5-7-12-16-20/h8-10,13-14,20-21,26H,1-7,11-12,15-18H2,(H,24,28)(H,25,27)/t21-/m0/s1. The monoisotopic (exact) mass is 388 g/mol. The van der Waals surface area contributed by atoms with Crippen LogP contribution in [-0.4, -0.2) is 35.6 Å². The summed E-state index contributed by atoms with van der Waals surface area (Å²) in [7, 11) is 0. The molecule has 0 saturated heterocycles.